The van der Waals surface area contributed by atoms with Crippen molar-refractivity contribution in [3.8, 4) is 0 Å². The van der Waals surface area contributed by atoms with Gasteiger partial charge in [0.15, 0.2) is 0 Å². The van der Waals surface area contributed by atoms with Crippen molar-refractivity contribution in [1.29, 1.82) is 0 Å². The third-order valence-electron chi connectivity index (χ3n) is 5.76. The fourth-order valence-electron chi connectivity index (χ4n) is 4.09. The second kappa shape index (κ2) is 8.55. The maximum absolute atomic E-state index is 3.77. The minimum atomic E-state index is 0.311. The Bertz CT molecular complexity index is 684. The van der Waals surface area contributed by atoms with Crippen LogP contribution in [0.1, 0.15) is 31.9 Å². The summed E-state index contributed by atoms with van der Waals surface area (Å²) in [5.41, 5.74) is 2.67. The van der Waals surface area contributed by atoms with Crippen molar-refractivity contribution in [2.24, 2.45) is 17.8 Å². The lowest BCUT2D eigenvalue weighted by Gasteiger charge is -2.35. The molecule has 2 heteroatoms. The summed E-state index contributed by atoms with van der Waals surface area (Å²) in [5.74, 6) is 1.64. The quantitative estimate of drug-likeness (QED) is 0.702. The van der Waals surface area contributed by atoms with Crippen molar-refractivity contribution >= 4 is 0 Å². The molecule has 4 atom stereocenters. The first-order valence-electron chi connectivity index (χ1n) is 9.77. The minimum absolute atomic E-state index is 0.311. The highest BCUT2D eigenvalue weighted by molar-refractivity contribution is 5.30. The molecule has 0 heterocycles. The van der Waals surface area contributed by atoms with E-state index in [9.17, 15) is 0 Å². The summed E-state index contributed by atoms with van der Waals surface area (Å²) in [6, 6.07) is 11.5. The van der Waals surface area contributed by atoms with Crippen LogP contribution in [0.5, 0.6) is 0 Å². The lowest BCUT2D eigenvalue weighted by molar-refractivity contribution is 0.204. The molecule has 0 amide bonds. The minimum Gasteiger partial charge on any atom is -0.381 e. The van der Waals surface area contributed by atoms with Crippen molar-refractivity contribution in [3.05, 3.63) is 84.1 Å². The molecule has 2 aliphatic rings. The third-order valence-corrected chi connectivity index (χ3v) is 5.76. The van der Waals surface area contributed by atoms with Crippen LogP contribution in [0.2, 0.25) is 0 Å². The molecule has 0 saturated heterocycles. The van der Waals surface area contributed by atoms with E-state index in [2.05, 4.69) is 111 Å². The fraction of sp³-hybridized carbons (Fsp3) is 0.417. The van der Waals surface area contributed by atoms with Crippen LogP contribution in [0, 0.1) is 17.8 Å². The number of nitrogens with zero attached hydrogens (tertiary/aromatic N) is 1. The molecule has 1 unspecified atom stereocenters. The van der Waals surface area contributed by atoms with Crippen LogP contribution in [0.3, 0.4) is 0 Å². The molecule has 26 heavy (non-hydrogen) atoms. The zero-order chi connectivity index (χ0) is 18.5. The van der Waals surface area contributed by atoms with Crippen molar-refractivity contribution in [2.45, 2.75) is 32.4 Å². The van der Waals surface area contributed by atoms with Crippen LogP contribution in [0.25, 0.3) is 0 Å². The molecule has 0 aromatic heterocycles. The Morgan fingerprint density at radius 1 is 0.962 bits per heavy atom. The van der Waals surface area contributed by atoms with Gasteiger partial charge in [-0.05, 0) is 50.9 Å². The number of allylic oxidation sites excluding steroid dienone is 6. The normalized spacial score (nSPS) is 22.7. The molecule has 0 bridgehead atoms. The van der Waals surface area contributed by atoms with Gasteiger partial charge in [0, 0.05) is 23.7 Å². The summed E-state index contributed by atoms with van der Waals surface area (Å²) in [6.45, 7) is 4.62. The van der Waals surface area contributed by atoms with Crippen LogP contribution < -0.4 is 5.32 Å². The molecule has 138 valence electrons. The highest BCUT2D eigenvalue weighted by atomic mass is 15.1. The standard InChI is InChI=1S/C24H32N2/c1-18(20-11-8-9-12-20)17-24(26(3)4)22-15-10-16-23(22)25-19(2)21-13-6-5-7-14-21/h5-16,18-20,22,24-25H,17H2,1-4H3/t18-,19-,22?,24-/m1/s1. The zero-order valence-corrected chi connectivity index (χ0v) is 16.5. The van der Waals surface area contributed by atoms with Gasteiger partial charge in [0.05, 0.1) is 0 Å². The van der Waals surface area contributed by atoms with Crippen LogP contribution in [0.15, 0.2) is 78.6 Å². The Morgan fingerprint density at radius 2 is 1.65 bits per heavy atom. The van der Waals surface area contributed by atoms with Gasteiger partial charge in [-0.2, -0.15) is 0 Å². The van der Waals surface area contributed by atoms with Crippen LogP contribution in [0.4, 0.5) is 0 Å². The summed E-state index contributed by atoms with van der Waals surface area (Å²) in [7, 11) is 4.42. The number of benzene rings is 1. The molecule has 0 radical (unpaired) electrons. The van der Waals surface area contributed by atoms with Gasteiger partial charge in [0.2, 0.25) is 0 Å². The monoisotopic (exact) mass is 348 g/mol. The van der Waals surface area contributed by atoms with E-state index >= 15 is 0 Å². The predicted octanol–water partition coefficient (Wildman–Crippen LogP) is 5.11. The van der Waals surface area contributed by atoms with E-state index in [-0.39, 0.29) is 0 Å². The zero-order valence-electron chi connectivity index (χ0n) is 16.5. The smallest absolute Gasteiger partial charge is 0.0482 e. The first-order chi connectivity index (χ1) is 12.6. The van der Waals surface area contributed by atoms with Crippen LogP contribution in [-0.2, 0) is 0 Å². The first kappa shape index (κ1) is 18.7. The van der Waals surface area contributed by atoms with Gasteiger partial charge in [-0.3, -0.25) is 0 Å². The van der Waals surface area contributed by atoms with Crippen molar-refractivity contribution < 1.29 is 0 Å². The third kappa shape index (κ3) is 4.37. The van der Waals surface area contributed by atoms with Crippen molar-refractivity contribution in [3.63, 3.8) is 0 Å². The number of hydrogen-bond acceptors (Lipinski definition) is 2. The molecule has 0 spiro atoms. The average molecular weight is 349 g/mol. The van der Waals surface area contributed by atoms with Gasteiger partial charge < -0.3 is 10.2 Å². The molecule has 0 saturated carbocycles. The van der Waals surface area contributed by atoms with Gasteiger partial charge in [0.25, 0.3) is 0 Å². The molecule has 0 fully saturated rings. The fourth-order valence-corrected chi connectivity index (χ4v) is 4.09. The number of hydrogen-bond donors (Lipinski definition) is 1. The first-order valence-corrected chi connectivity index (χ1v) is 9.77. The van der Waals surface area contributed by atoms with E-state index < -0.39 is 0 Å². The summed E-state index contributed by atoms with van der Waals surface area (Å²) < 4.78 is 0. The topological polar surface area (TPSA) is 15.3 Å². The molecular weight excluding hydrogens is 316 g/mol. The van der Waals surface area contributed by atoms with E-state index in [1.807, 2.05) is 0 Å². The van der Waals surface area contributed by atoms with E-state index in [0.29, 0.717) is 29.8 Å². The molecule has 1 aromatic carbocycles. The Morgan fingerprint density at radius 3 is 2.31 bits per heavy atom. The molecule has 2 aliphatic carbocycles. The van der Waals surface area contributed by atoms with Gasteiger partial charge in [-0.15, -0.1) is 0 Å². The Labute approximate surface area is 159 Å². The van der Waals surface area contributed by atoms with Gasteiger partial charge >= 0.3 is 0 Å². The SMILES string of the molecule is C[C@H](C[C@H](C1C=CC=C1N[C@H](C)c1ccccc1)N(C)C)C1C=CC=C1. The van der Waals surface area contributed by atoms with E-state index in [0.717, 1.165) is 0 Å². The lowest BCUT2D eigenvalue weighted by atomic mass is 9.83. The second-order valence-electron chi connectivity index (χ2n) is 7.90. The summed E-state index contributed by atoms with van der Waals surface area (Å²) in [4.78, 5) is 2.39. The molecule has 1 aromatic rings. The summed E-state index contributed by atoms with van der Waals surface area (Å²) in [6.07, 6.45) is 17.0. The predicted molar refractivity (Wildman–Crippen MR) is 112 cm³/mol. The van der Waals surface area contributed by atoms with Crippen molar-refractivity contribution in [2.75, 3.05) is 14.1 Å². The molecular formula is C24H32N2. The highest BCUT2D eigenvalue weighted by Gasteiger charge is 2.30. The number of rotatable bonds is 8. The molecule has 0 aliphatic heterocycles. The summed E-state index contributed by atoms with van der Waals surface area (Å²) >= 11 is 0. The van der Waals surface area contributed by atoms with Crippen molar-refractivity contribution in [1.82, 2.24) is 10.2 Å². The average Bonchev–Trinajstić information content (AvgIpc) is 3.32. The Balaban J connectivity index is 1.68. The largest absolute Gasteiger partial charge is 0.381 e. The highest BCUT2D eigenvalue weighted by Crippen LogP contribution is 2.32. The molecule has 2 nitrogen and oxygen atoms in total. The maximum Gasteiger partial charge on any atom is 0.0482 e. The van der Waals surface area contributed by atoms with Gasteiger partial charge in [-0.25, -0.2) is 0 Å². The molecule has 3 rings (SSSR count). The maximum atomic E-state index is 3.77. The van der Waals surface area contributed by atoms with E-state index in [1.54, 1.807) is 0 Å². The van der Waals surface area contributed by atoms with Gasteiger partial charge in [0.1, 0.15) is 0 Å². The van der Waals surface area contributed by atoms with E-state index in [4.69, 9.17) is 0 Å². The Kier molecular flexibility index (Phi) is 6.16. The Hall–Kier alpha value is -2.06. The summed E-state index contributed by atoms with van der Waals surface area (Å²) in [5, 5.41) is 3.77. The second-order valence-corrected chi connectivity index (χ2v) is 7.90. The van der Waals surface area contributed by atoms with Gasteiger partial charge in [-0.1, -0.05) is 73.7 Å². The lowest BCUT2D eigenvalue weighted by Crippen LogP contribution is -2.39. The van der Waals surface area contributed by atoms with E-state index in [1.165, 1.54) is 17.7 Å². The molecule has 1 N–H and O–H groups in total. The van der Waals surface area contributed by atoms with Crippen LogP contribution in [-0.4, -0.2) is 25.0 Å². The number of nitrogens with one attached hydrogen (secondary N) is 1. The van der Waals surface area contributed by atoms with Crippen LogP contribution >= 0.6 is 0 Å².